The summed E-state index contributed by atoms with van der Waals surface area (Å²) < 4.78 is 49.2. The van der Waals surface area contributed by atoms with Gasteiger partial charge in [0.15, 0.2) is 21.5 Å². The molecule has 20 heavy (non-hydrogen) atoms. The van der Waals surface area contributed by atoms with Gasteiger partial charge in [0.1, 0.15) is 5.69 Å². The average Bonchev–Trinajstić information content (AvgIpc) is 2.38. The summed E-state index contributed by atoms with van der Waals surface area (Å²) in [7, 11) is -3.21. The van der Waals surface area contributed by atoms with Crippen molar-refractivity contribution >= 4 is 21.4 Å². The van der Waals surface area contributed by atoms with Crippen molar-refractivity contribution in [2.75, 3.05) is 23.5 Å². The van der Waals surface area contributed by atoms with Gasteiger partial charge in [-0.1, -0.05) is 6.92 Å². The minimum absolute atomic E-state index is 0.0387. The van der Waals surface area contributed by atoms with Crippen LogP contribution in [0.25, 0.3) is 0 Å². The standard InChI is InChI=1S/C11H15F2N3O3S/c1-2-20(18,19)4-3-15-11(17)7-5-8(12)10(16-14)9(13)6-7/h5-6,16H,2-4,14H2,1H3,(H,15,17). The second-order valence-corrected chi connectivity index (χ2v) is 6.42. The highest BCUT2D eigenvalue weighted by atomic mass is 32.2. The maximum absolute atomic E-state index is 13.4. The highest BCUT2D eigenvalue weighted by Gasteiger charge is 2.15. The van der Waals surface area contributed by atoms with Gasteiger partial charge in [-0.25, -0.2) is 17.2 Å². The van der Waals surface area contributed by atoms with E-state index in [-0.39, 0.29) is 23.6 Å². The number of carbonyl (C=O) groups excluding carboxylic acids is 1. The van der Waals surface area contributed by atoms with Crippen LogP contribution in [0.5, 0.6) is 0 Å². The number of nitrogens with two attached hydrogens (primary N) is 1. The molecule has 0 aliphatic rings. The van der Waals surface area contributed by atoms with Gasteiger partial charge in [-0.15, -0.1) is 0 Å². The molecule has 0 aliphatic heterocycles. The molecule has 6 nitrogen and oxygen atoms in total. The lowest BCUT2D eigenvalue weighted by atomic mass is 10.1. The van der Waals surface area contributed by atoms with Crippen LogP contribution in [-0.4, -0.2) is 32.4 Å². The van der Waals surface area contributed by atoms with Gasteiger partial charge in [0.05, 0.1) is 5.75 Å². The highest BCUT2D eigenvalue weighted by Crippen LogP contribution is 2.19. The summed E-state index contributed by atoms with van der Waals surface area (Å²) in [5, 5.41) is 2.28. The minimum atomic E-state index is -3.21. The molecule has 4 N–H and O–H groups in total. The SMILES string of the molecule is CCS(=O)(=O)CCNC(=O)c1cc(F)c(NN)c(F)c1. The van der Waals surface area contributed by atoms with E-state index in [1.165, 1.54) is 6.92 Å². The van der Waals surface area contributed by atoms with Crippen LogP contribution in [0.3, 0.4) is 0 Å². The van der Waals surface area contributed by atoms with Gasteiger partial charge in [0, 0.05) is 17.9 Å². The zero-order valence-electron chi connectivity index (χ0n) is 10.7. The van der Waals surface area contributed by atoms with Gasteiger partial charge in [-0.3, -0.25) is 10.6 Å². The van der Waals surface area contributed by atoms with Crippen LogP contribution in [0.15, 0.2) is 12.1 Å². The van der Waals surface area contributed by atoms with Crippen molar-refractivity contribution in [1.29, 1.82) is 0 Å². The predicted octanol–water partition coefficient (Wildman–Crippen LogP) is 0.415. The van der Waals surface area contributed by atoms with Crippen molar-refractivity contribution in [1.82, 2.24) is 5.32 Å². The molecule has 112 valence electrons. The number of amides is 1. The molecule has 1 aromatic carbocycles. The molecule has 0 aliphatic carbocycles. The number of anilines is 1. The fourth-order valence-corrected chi connectivity index (χ4v) is 2.11. The van der Waals surface area contributed by atoms with E-state index in [1.54, 1.807) is 0 Å². The average molecular weight is 307 g/mol. The molecule has 0 heterocycles. The number of hydrogen-bond acceptors (Lipinski definition) is 5. The van der Waals surface area contributed by atoms with Crippen LogP contribution in [0, 0.1) is 11.6 Å². The molecule has 0 bridgehead atoms. The largest absolute Gasteiger partial charge is 0.351 e. The van der Waals surface area contributed by atoms with Crippen LogP contribution < -0.4 is 16.6 Å². The molecule has 0 fully saturated rings. The normalized spacial score (nSPS) is 11.2. The first-order valence-corrected chi connectivity index (χ1v) is 7.57. The molecule has 1 amide bonds. The first-order valence-electron chi connectivity index (χ1n) is 5.75. The number of rotatable bonds is 6. The number of hydrazine groups is 1. The van der Waals surface area contributed by atoms with E-state index in [2.05, 4.69) is 5.32 Å². The zero-order chi connectivity index (χ0) is 15.3. The predicted molar refractivity (Wildman–Crippen MR) is 70.8 cm³/mol. The summed E-state index contributed by atoms with van der Waals surface area (Å²) in [6.07, 6.45) is 0. The first kappa shape index (κ1) is 16.3. The minimum Gasteiger partial charge on any atom is -0.351 e. The van der Waals surface area contributed by atoms with Crippen LogP contribution >= 0.6 is 0 Å². The van der Waals surface area contributed by atoms with E-state index in [0.29, 0.717) is 0 Å². The van der Waals surface area contributed by atoms with Crippen LogP contribution in [0.1, 0.15) is 17.3 Å². The first-order chi connectivity index (χ1) is 9.30. The van der Waals surface area contributed by atoms with Crippen molar-refractivity contribution in [3.63, 3.8) is 0 Å². The molecule has 0 aromatic heterocycles. The second kappa shape index (κ2) is 6.62. The Balaban J connectivity index is 2.74. The van der Waals surface area contributed by atoms with Gasteiger partial charge in [0.2, 0.25) is 0 Å². The number of carbonyl (C=O) groups is 1. The number of nitrogen functional groups attached to an aromatic ring is 1. The van der Waals surface area contributed by atoms with Crippen molar-refractivity contribution in [3.8, 4) is 0 Å². The quantitative estimate of drug-likeness (QED) is 0.522. The third-order valence-corrected chi connectivity index (χ3v) is 4.29. The molecule has 0 unspecified atom stereocenters. The van der Waals surface area contributed by atoms with E-state index in [1.807, 2.05) is 5.43 Å². The van der Waals surface area contributed by atoms with E-state index < -0.39 is 33.1 Å². The van der Waals surface area contributed by atoms with Gasteiger partial charge in [-0.05, 0) is 12.1 Å². The number of nitrogens with one attached hydrogen (secondary N) is 2. The Labute approximate surface area is 115 Å². The highest BCUT2D eigenvalue weighted by molar-refractivity contribution is 7.91. The van der Waals surface area contributed by atoms with E-state index in [0.717, 1.165) is 12.1 Å². The van der Waals surface area contributed by atoms with Crippen molar-refractivity contribution in [3.05, 3.63) is 29.3 Å². The Kier molecular flexibility index (Phi) is 5.40. The third-order valence-electron chi connectivity index (χ3n) is 2.59. The molecule has 0 saturated heterocycles. The monoisotopic (exact) mass is 307 g/mol. The summed E-state index contributed by atoms with van der Waals surface area (Å²) in [5.41, 5.74) is 1.04. The Hall–Kier alpha value is -1.74. The third kappa shape index (κ3) is 4.14. The summed E-state index contributed by atoms with van der Waals surface area (Å²) in [5.74, 6) is 1.86. The Bertz CT molecular complexity index is 582. The van der Waals surface area contributed by atoms with Gasteiger partial charge >= 0.3 is 0 Å². The molecule has 9 heteroatoms. The molecule has 1 aromatic rings. The molecule has 0 radical (unpaired) electrons. The zero-order valence-corrected chi connectivity index (χ0v) is 11.6. The molecule has 0 saturated carbocycles. The molecule has 1 rings (SSSR count). The van der Waals surface area contributed by atoms with Gasteiger partial charge < -0.3 is 10.7 Å². The van der Waals surface area contributed by atoms with E-state index in [4.69, 9.17) is 5.84 Å². The van der Waals surface area contributed by atoms with Crippen molar-refractivity contribution in [2.45, 2.75) is 6.92 Å². The summed E-state index contributed by atoms with van der Waals surface area (Å²) in [4.78, 5) is 11.6. The molecular weight excluding hydrogens is 292 g/mol. The smallest absolute Gasteiger partial charge is 0.251 e. The Morgan fingerprint density at radius 3 is 2.30 bits per heavy atom. The lowest BCUT2D eigenvalue weighted by Crippen LogP contribution is -2.29. The number of halogens is 2. The van der Waals surface area contributed by atoms with E-state index >= 15 is 0 Å². The maximum Gasteiger partial charge on any atom is 0.251 e. The Morgan fingerprint density at radius 1 is 1.30 bits per heavy atom. The second-order valence-electron chi connectivity index (χ2n) is 3.95. The summed E-state index contributed by atoms with van der Waals surface area (Å²) in [6.45, 7) is 1.36. The van der Waals surface area contributed by atoms with Crippen LogP contribution in [0.4, 0.5) is 14.5 Å². The molecule has 0 spiro atoms. The van der Waals surface area contributed by atoms with Crippen molar-refractivity contribution < 1.29 is 22.0 Å². The van der Waals surface area contributed by atoms with Gasteiger partial charge in [-0.2, -0.15) is 0 Å². The number of sulfone groups is 1. The molecular formula is C11H15F2N3O3S. The topological polar surface area (TPSA) is 101 Å². The maximum atomic E-state index is 13.4. The lowest BCUT2D eigenvalue weighted by Gasteiger charge is -2.08. The van der Waals surface area contributed by atoms with Crippen LogP contribution in [0.2, 0.25) is 0 Å². The fraction of sp³-hybridized carbons (Fsp3) is 0.364. The lowest BCUT2D eigenvalue weighted by molar-refractivity contribution is 0.0955. The van der Waals surface area contributed by atoms with E-state index in [9.17, 15) is 22.0 Å². The fourth-order valence-electron chi connectivity index (χ4n) is 1.41. The molecule has 0 atom stereocenters. The van der Waals surface area contributed by atoms with Crippen molar-refractivity contribution in [2.24, 2.45) is 5.84 Å². The number of hydrogen-bond donors (Lipinski definition) is 3. The van der Waals surface area contributed by atoms with Gasteiger partial charge in [0.25, 0.3) is 5.91 Å². The Morgan fingerprint density at radius 2 is 1.85 bits per heavy atom. The summed E-state index contributed by atoms with van der Waals surface area (Å²) >= 11 is 0. The number of benzene rings is 1. The summed E-state index contributed by atoms with van der Waals surface area (Å²) in [6, 6.07) is 1.61. The van der Waals surface area contributed by atoms with Crippen LogP contribution in [-0.2, 0) is 9.84 Å².